The molecular formula is C29H35N3O2. The van der Waals surface area contributed by atoms with E-state index >= 15 is 0 Å². The number of hydrogen-bond donors (Lipinski definition) is 1. The van der Waals surface area contributed by atoms with Crippen LogP contribution >= 0.6 is 0 Å². The molecule has 1 N–H and O–H groups in total. The van der Waals surface area contributed by atoms with Crippen LogP contribution in [-0.2, 0) is 6.42 Å². The van der Waals surface area contributed by atoms with Gasteiger partial charge in [-0.2, -0.15) is 0 Å². The molecule has 5 heteroatoms. The van der Waals surface area contributed by atoms with Gasteiger partial charge in [-0.15, -0.1) is 0 Å². The van der Waals surface area contributed by atoms with Crippen LogP contribution in [0.15, 0.2) is 59.7 Å². The average molecular weight is 458 g/mol. The van der Waals surface area contributed by atoms with E-state index in [2.05, 4.69) is 59.9 Å². The van der Waals surface area contributed by atoms with Gasteiger partial charge < -0.3 is 14.6 Å². The Labute approximate surface area is 202 Å². The van der Waals surface area contributed by atoms with Crippen molar-refractivity contribution in [2.24, 2.45) is 0 Å². The third-order valence-electron chi connectivity index (χ3n) is 6.42. The number of ketones is 1. The lowest BCUT2D eigenvalue weighted by Crippen LogP contribution is -2.26. The van der Waals surface area contributed by atoms with Crippen LogP contribution in [0.5, 0.6) is 0 Å². The molecule has 0 unspecified atom stereocenters. The van der Waals surface area contributed by atoms with Gasteiger partial charge in [0.15, 0.2) is 11.7 Å². The van der Waals surface area contributed by atoms with Crippen molar-refractivity contribution < 1.29 is 9.21 Å². The summed E-state index contributed by atoms with van der Waals surface area (Å²) in [6.07, 6.45) is 7.07. The third-order valence-corrected chi connectivity index (χ3v) is 6.42. The van der Waals surface area contributed by atoms with Crippen LogP contribution in [-0.4, -0.2) is 23.9 Å². The number of aryl methyl sites for hydroxylation is 2. The summed E-state index contributed by atoms with van der Waals surface area (Å²) in [5.41, 5.74) is 6.75. The molecule has 4 rings (SSSR count). The van der Waals surface area contributed by atoms with Gasteiger partial charge in [-0.1, -0.05) is 37.8 Å². The summed E-state index contributed by atoms with van der Waals surface area (Å²) >= 11 is 0. The summed E-state index contributed by atoms with van der Waals surface area (Å²) in [6.45, 7) is 12.0. The number of oxazole rings is 1. The number of aromatic nitrogens is 1. The Kier molecular flexibility index (Phi) is 7.51. The Balaban J connectivity index is 1.54. The molecule has 1 aliphatic rings. The maximum absolute atomic E-state index is 12.1. The normalized spacial score (nSPS) is 13.0. The fourth-order valence-electron chi connectivity index (χ4n) is 4.28. The monoisotopic (exact) mass is 457 g/mol. The number of nitrogens with one attached hydrogen (secondary N) is 1. The van der Waals surface area contributed by atoms with Gasteiger partial charge in [-0.05, 0) is 75.3 Å². The first-order valence-electron chi connectivity index (χ1n) is 12.3. The summed E-state index contributed by atoms with van der Waals surface area (Å²) < 4.78 is 5.65. The predicted octanol–water partition coefficient (Wildman–Crippen LogP) is 7.00. The molecule has 3 aromatic rings. The summed E-state index contributed by atoms with van der Waals surface area (Å²) in [6, 6.07) is 14.5. The van der Waals surface area contributed by atoms with Gasteiger partial charge in [0.2, 0.25) is 0 Å². The Morgan fingerprint density at radius 2 is 2.00 bits per heavy atom. The molecule has 0 spiro atoms. The van der Waals surface area contributed by atoms with E-state index in [1.165, 1.54) is 11.1 Å². The van der Waals surface area contributed by atoms with Crippen molar-refractivity contribution in [3.8, 4) is 0 Å². The smallest absolute Gasteiger partial charge is 0.197 e. The maximum Gasteiger partial charge on any atom is 0.197 e. The quantitative estimate of drug-likeness (QED) is 0.297. The van der Waals surface area contributed by atoms with Gasteiger partial charge in [0.05, 0.1) is 17.1 Å². The highest BCUT2D eigenvalue weighted by Crippen LogP contribution is 2.40. The van der Waals surface area contributed by atoms with Gasteiger partial charge in [0, 0.05) is 24.6 Å². The summed E-state index contributed by atoms with van der Waals surface area (Å²) in [5, 5.41) is 3.44. The molecule has 34 heavy (non-hydrogen) atoms. The average Bonchev–Trinajstić information content (AvgIpc) is 3.55. The van der Waals surface area contributed by atoms with Crippen molar-refractivity contribution >= 4 is 22.9 Å². The van der Waals surface area contributed by atoms with E-state index in [9.17, 15) is 4.79 Å². The zero-order chi connectivity index (χ0) is 24.1. The molecule has 1 aromatic heterocycles. The molecule has 1 fully saturated rings. The highest BCUT2D eigenvalue weighted by Gasteiger charge is 2.29. The van der Waals surface area contributed by atoms with Crippen molar-refractivity contribution in [2.45, 2.75) is 58.8 Å². The second kappa shape index (κ2) is 10.7. The van der Waals surface area contributed by atoms with E-state index in [1.807, 2.05) is 18.2 Å². The second-order valence-electron chi connectivity index (χ2n) is 9.25. The van der Waals surface area contributed by atoms with Gasteiger partial charge >= 0.3 is 0 Å². The summed E-state index contributed by atoms with van der Waals surface area (Å²) in [5.74, 6) is 1.28. The second-order valence-corrected chi connectivity index (χ2v) is 9.25. The fraction of sp³-hybridized carbons (Fsp3) is 0.379. The van der Waals surface area contributed by atoms with Gasteiger partial charge in [0.25, 0.3) is 0 Å². The van der Waals surface area contributed by atoms with E-state index in [4.69, 9.17) is 4.42 Å². The van der Waals surface area contributed by atoms with Crippen LogP contribution in [0.3, 0.4) is 0 Å². The number of hydrogen-bond acceptors (Lipinski definition) is 5. The Morgan fingerprint density at radius 1 is 1.21 bits per heavy atom. The molecule has 0 amide bonds. The molecule has 0 aliphatic heterocycles. The Morgan fingerprint density at radius 3 is 2.71 bits per heavy atom. The van der Waals surface area contributed by atoms with Crippen molar-refractivity contribution in [3.05, 3.63) is 83.6 Å². The van der Waals surface area contributed by atoms with E-state index in [-0.39, 0.29) is 5.78 Å². The first-order chi connectivity index (χ1) is 16.5. The molecule has 0 bridgehead atoms. The lowest BCUT2D eigenvalue weighted by molar-refractivity contribution is 0.101. The minimum atomic E-state index is 0.0410. The topological polar surface area (TPSA) is 58.4 Å². The highest BCUT2D eigenvalue weighted by atomic mass is 16.3. The Hall–Kier alpha value is -3.34. The number of Topliss-reactive ketones (excluding diaryl/α,β-unsaturated/α-hetero) is 1. The molecule has 0 radical (unpaired) electrons. The van der Waals surface area contributed by atoms with Crippen molar-refractivity contribution in [3.63, 3.8) is 0 Å². The van der Waals surface area contributed by atoms with Crippen molar-refractivity contribution in [2.75, 3.05) is 23.3 Å². The highest BCUT2D eigenvalue weighted by molar-refractivity contribution is 5.97. The van der Waals surface area contributed by atoms with Crippen molar-refractivity contribution in [1.29, 1.82) is 0 Å². The van der Waals surface area contributed by atoms with Gasteiger partial charge in [-0.25, -0.2) is 4.98 Å². The number of rotatable bonds is 12. The molecule has 1 saturated carbocycles. The number of anilines is 2. The summed E-state index contributed by atoms with van der Waals surface area (Å²) in [7, 11) is 0. The molecule has 1 heterocycles. The molecular weight excluding hydrogens is 422 g/mol. The Bertz CT molecular complexity index is 1160. The number of benzene rings is 2. The SMILES string of the molecule is C=C(Nc1cc(C(C)=O)ccc1N(CCC)CCCc1ccccc1C)c1coc(C2CC2)n1. The molecule has 0 atom stereocenters. The first-order valence-corrected chi connectivity index (χ1v) is 12.3. The molecule has 5 nitrogen and oxygen atoms in total. The predicted molar refractivity (Wildman–Crippen MR) is 140 cm³/mol. The minimum absolute atomic E-state index is 0.0410. The van der Waals surface area contributed by atoms with E-state index in [0.717, 1.165) is 62.5 Å². The first kappa shape index (κ1) is 23.8. The third kappa shape index (κ3) is 5.77. The molecule has 0 saturated heterocycles. The standard InChI is InChI=1S/C29H35N3O2/c1-5-16-32(17-8-11-23-10-7-6-9-20(23)2)28-15-14-25(22(4)33)18-26(28)30-21(3)27-19-34-29(31-27)24-12-13-24/h6-7,9-10,14-15,18-19,24,30H,3,5,8,11-13,16-17H2,1-2,4H3. The van der Waals surface area contributed by atoms with Crippen LogP contribution < -0.4 is 10.2 Å². The van der Waals surface area contributed by atoms with Crippen LogP contribution in [0.1, 0.15) is 78.5 Å². The maximum atomic E-state index is 12.1. The van der Waals surface area contributed by atoms with Crippen LogP contribution in [0.2, 0.25) is 0 Å². The van der Waals surface area contributed by atoms with Gasteiger partial charge in [0.1, 0.15) is 12.0 Å². The lowest BCUT2D eigenvalue weighted by atomic mass is 10.0. The largest absolute Gasteiger partial charge is 0.448 e. The number of nitrogens with zero attached hydrogens (tertiary/aromatic N) is 2. The minimum Gasteiger partial charge on any atom is -0.448 e. The fourth-order valence-corrected chi connectivity index (χ4v) is 4.28. The molecule has 1 aliphatic carbocycles. The van der Waals surface area contributed by atoms with Crippen LogP contribution in [0, 0.1) is 6.92 Å². The van der Waals surface area contributed by atoms with Gasteiger partial charge in [-0.3, -0.25) is 4.79 Å². The summed E-state index contributed by atoms with van der Waals surface area (Å²) in [4.78, 5) is 19.1. The van der Waals surface area contributed by atoms with Crippen LogP contribution in [0.25, 0.3) is 5.70 Å². The van der Waals surface area contributed by atoms with Crippen molar-refractivity contribution in [1.82, 2.24) is 4.98 Å². The molecule has 2 aromatic carbocycles. The van der Waals surface area contributed by atoms with Crippen LogP contribution in [0.4, 0.5) is 11.4 Å². The zero-order valence-electron chi connectivity index (χ0n) is 20.6. The van der Waals surface area contributed by atoms with E-state index < -0.39 is 0 Å². The number of carbonyl (C=O) groups excluding carboxylic acids is 1. The lowest BCUT2D eigenvalue weighted by Gasteiger charge is -2.28. The zero-order valence-corrected chi connectivity index (χ0v) is 20.6. The van der Waals surface area contributed by atoms with E-state index in [1.54, 1.807) is 13.2 Å². The molecule has 178 valence electrons. The van der Waals surface area contributed by atoms with E-state index in [0.29, 0.717) is 22.9 Å². The number of carbonyl (C=O) groups is 1.